The molecule has 12 heavy (non-hydrogen) atoms. The number of rotatable bonds is 5. The molecule has 0 aromatic carbocycles. The van der Waals surface area contributed by atoms with Crippen molar-refractivity contribution in [1.29, 1.82) is 0 Å². The van der Waals surface area contributed by atoms with Gasteiger partial charge >= 0.3 is 21.4 Å². The van der Waals surface area contributed by atoms with Gasteiger partial charge in [0.1, 0.15) is 0 Å². The van der Waals surface area contributed by atoms with Crippen molar-refractivity contribution in [3.8, 4) is 0 Å². The van der Waals surface area contributed by atoms with Gasteiger partial charge in [0.15, 0.2) is 0 Å². The molecule has 0 aliphatic rings. The topological polar surface area (TPSA) is 58.9 Å². The Hall–Kier alpha value is -0.520. The zero-order valence-electron chi connectivity index (χ0n) is 5.65. The summed E-state index contributed by atoms with van der Waals surface area (Å²) in [6.07, 6.45) is -6.22. The molecule has 0 rings (SSSR count). The molecule has 0 fully saturated rings. The molecule has 0 aromatic heterocycles. The van der Waals surface area contributed by atoms with Crippen molar-refractivity contribution in [3.63, 3.8) is 0 Å². The maximum Gasteiger partial charge on any atom is 0.393 e. The number of ether oxygens (including phenoxy) is 1. The smallest absolute Gasteiger partial charge is 0.393 e. The summed E-state index contributed by atoms with van der Waals surface area (Å²) in [5, 5.41) is 0. The van der Waals surface area contributed by atoms with Gasteiger partial charge in [-0.1, -0.05) is 0 Å². The molecule has 72 valence electrons. The van der Waals surface area contributed by atoms with E-state index in [1.807, 2.05) is 0 Å². The van der Waals surface area contributed by atoms with E-state index in [-0.39, 0.29) is 0 Å². The molecule has 0 amide bonds. The lowest BCUT2D eigenvalue weighted by Crippen LogP contribution is -2.16. The minimum atomic E-state index is -3.34. The van der Waals surface area contributed by atoms with Crippen LogP contribution in [0.1, 0.15) is 0 Å². The molecular formula is C4H6F3O4P. The van der Waals surface area contributed by atoms with Gasteiger partial charge in [-0.15, -0.1) is 0 Å². The second kappa shape index (κ2) is 5.18. The van der Waals surface area contributed by atoms with Crippen LogP contribution in [-0.4, -0.2) is 22.6 Å². The van der Waals surface area contributed by atoms with Gasteiger partial charge in [0, 0.05) is 0 Å². The largest absolute Gasteiger partial charge is 0.425 e. The summed E-state index contributed by atoms with van der Waals surface area (Å²) < 4.78 is 42.3. The fourth-order valence-electron chi connectivity index (χ4n) is 0.290. The van der Waals surface area contributed by atoms with E-state index in [0.717, 1.165) is 0 Å². The van der Waals surface area contributed by atoms with Crippen LogP contribution >= 0.6 is 8.60 Å². The first-order valence-corrected chi connectivity index (χ1v) is 3.73. The molecule has 8 heteroatoms. The fraction of sp³-hybridized carbons (Fsp3) is 0.500. The van der Waals surface area contributed by atoms with Crippen LogP contribution in [0.25, 0.3) is 0 Å². The third-order valence-corrected chi connectivity index (χ3v) is 0.993. The number of hydrogen-bond donors (Lipinski definition) is 2. The van der Waals surface area contributed by atoms with Crippen LogP contribution in [0.2, 0.25) is 0 Å². The van der Waals surface area contributed by atoms with Crippen molar-refractivity contribution in [3.05, 3.63) is 12.5 Å². The van der Waals surface area contributed by atoms with Crippen LogP contribution in [-0.2, 0) is 9.26 Å². The molecule has 1 unspecified atom stereocenters. The first kappa shape index (κ1) is 11.5. The van der Waals surface area contributed by atoms with E-state index >= 15 is 0 Å². The minimum Gasteiger partial charge on any atom is -0.425 e. The number of alkyl halides is 3. The quantitative estimate of drug-likeness (QED) is 0.525. The van der Waals surface area contributed by atoms with Gasteiger partial charge in [-0.2, -0.15) is 4.39 Å². The Bertz CT molecular complexity index is 153. The molecule has 0 spiro atoms. The van der Waals surface area contributed by atoms with Gasteiger partial charge in [-0.05, 0) is 6.58 Å². The summed E-state index contributed by atoms with van der Waals surface area (Å²) in [6, 6.07) is 0. The van der Waals surface area contributed by atoms with Crippen LogP contribution in [0.4, 0.5) is 13.2 Å². The van der Waals surface area contributed by atoms with Gasteiger partial charge in [0.05, 0.1) is 0 Å². The Morgan fingerprint density at radius 1 is 1.33 bits per heavy atom. The Balaban J connectivity index is 3.69. The lowest BCUT2D eigenvalue weighted by Gasteiger charge is -2.12. The average molecular weight is 206 g/mol. The highest BCUT2D eigenvalue weighted by atomic mass is 31.2. The fourth-order valence-corrected chi connectivity index (χ4v) is 0.515. The molecule has 0 heterocycles. The molecule has 0 bridgehead atoms. The molecule has 4 nitrogen and oxygen atoms in total. The van der Waals surface area contributed by atoms with E-state index in [2.05, 4.69) is 15.8 Å². The number of hydrogen-bond acceptors (Lipinski definition) is 4. The average Bonchev–Trinajstić information content (AvgIpc) is 1.84. The van der Waals surface area contributed by atoms with Gasteiger partial charge in [-0.3, -0.25) is 0 Å². The third kappa shape index (κ3) is 5.17. The predicted molar refractivity (Wildman–Crippen MR) is 33.6 cm³/mol. The summed E-state index contributed by atoms with van der Waals surface area (Å²) in [6.45, 7) is 2.80. The summed E-state index contributed by atoms with van der Waals surface area (Å²) in [5.41, 5.74) is 0. The Morgan fingerprint density at radius 3 is 2.17 bits per heavy atom. The van der Waals surface area contributed by atoms with Crippen molar-refractivity contribution in [1.82, 2.24) is 0 Å². The molecule has 0 aliphatic heterocycles. The summed E-state index contributed by atoms with van der Waals surface area (Å²) in [5.74, 6) is -0.904. The van der Waals surface area contributed by atoms with Crippen LogP contribution in [0.15, 0.2) is 12.5 Å². The molecule has 0 radical (unpaired) electrons. The minimum absolute atomic E-state index is 0.904. The van der Waals surface area contributed by atoms with Gasteiger partial charge in [0.25, 0.3) is 5.95 Å². The van der Waals surface area contributed by atoms with Crippen molar-refractivity contribution < 1.29 is 32.2 Å². The highest BCUT2D eigenvalue weighted by Gasteiger charge is 2.22. The third-order valence-electron chi connectivity index (χ3n) is 0.626. The highest BCUT2D eigenvalue weighted by molar-refractivity contribution is 7.39. The lowest BCUT2D eigenvalue weighted by atomic mass is 10.7. The first-order chi connectivity index (χ1) is 5.43. The maximum absolute atomic E-state index is 12.0. The van der Waals surface area contributed by atoms with Crippen LogP contribution < -0.4 is 0 Å². The Kier molecular flexibility index (Phi) is 4.96. The summed E-state index contributed by atoms with van der Waals surface area (Å²) in [4.78, 5) is 16.2. The van der Waals surface area contributed by atoms with Crippen LogP contribution in [0.5, 0.6) is 0 Å². The van der Waals surface area contributed by atoms with Crippen molar-refractivity contribution in [2.24, 2.45) is 0 Å². The molecule has 0 saturated heterocycles. The Labute approximate surface area is 67.2 Å². The van der Waals surface area contributed by atoms with Gasteiger partial charge in [0.2, 0.25) is 0 Å². The predicted octanol–water partition coefficient (Wildman–Crippen LogP) is 1.26. The van der Waals surface area contributed by atoms with E-state index in [9.17, 15) is 13.2 Å². The lowest BCUT2D eigenvalue weighted by molar-refractivity contribution is -0.124. The van der Waals surface area contributed by atoms with E-state index in [1.54, 1.807) is 0 Å². The molecule has 1 atom stereocenters. The standard InChI is InChI=1S/C4H6F3O4P/c1-2(11-12(8)9)10-4(7)3(5)6/h3-4,8-9H,1H2. The van der Waals surface area contributed by atoms with Crippen molar-refractivity contribution in [2.75, 3.05) is 0 Å². The molecule has 0 aliphatic carbocycles. The number of halogens is 3. The summed E-state index contributed by atoms with van der Waals surface area (Å²) >= 11 is 0. The van der Waals surface area contributed by atoms with Crippen molar-refractivity contribution in [2.45, 2.75) is 12.8 Å². The molecule has 0 saturated carbocycles. The first-order valence-electron chi connectivity index (χ1n) is 2.57. The normalized spacial score (nSPS) is 13.2. The SMILES string of the molecule is C=C(OC(F)C(F)F)OP(O)O. The second-order valence-electron chi connectivity index (χ2n) is 1.52. The highest BCUT2D eigenvalue weighted by Crippen LogP contribution is 2.29. The molecular weight excluding hydrogens is 200 g/mol. The van der Waals surface area contributed by atoms with Crippen LogP contribution in [0, 0.1) is 0 Å². The van der Waals surface area contributed by atoms with E-state index in [4.69, 9.17) is 9.79 Å². The molecule has 0 aromatic rings. The zero-order valence-corrected chi connectivity index (χ0v) is 6.55. The second-order valence-corrected chi connectivity index (χ2v) is 2.21. The van der Waals surface area contributed by atoms with E-state index < -0.39 is 27.3 Å². The van der Waals surface area contributed by atoms with Gasteiger partial charge < -0.3 is 19.0 Å². The van der Waals surface area contributed by atoms with Crippen molar-refractivity contribution >= 4 is 8.60 Å². The van der Waals surface area contributed by atoms with E-state index in [1.165, 1.54) is 0 Å². The molecule has 2 N–H and O–H groups in total. The monoisotopic (exact) mass is 206 g/mol. The van der Waals surface area contributed by atoms with Gasteiger partial charge in [-0.25, -0.2) is 8.78 Å². The Morgan fingerprint density at radius 2 is 1.83 bits per heavy atom. The zero-order chi connectivity index (χ0) is 9.72. The maximum atomic E-state index is 12.0. The van der Waals surface area contributed by atoms with Crippen LogP contribution in [0.3, 0.4) is 0 Å². The van der Waals surface area contributed by atoms with E-state index in [0.29, 0.717) is 0 Å². The summed E-state index contributed by atoms with van der Waals surface area (Å²) in [7, 11) is -2.83.